The summed E-state index contributed by atoms with van der Waals surface area (Å²) in [4.78, 5) is 11.1. The van der Waals surface area contributed by atoms with E-state index in [9.17, 15) is 13.2 Å². The Kier molecular flexibility index (Phi) is 6.46. The van der Waals surface area contributed by atoms with Crippen LogP contribution >= 0.6 is 0 Å². The van der Waals surface area contributed by atoms with E-state index in [1.54, 1.807) is 60.7 Å². The third-order valence-electron chi connectivity index (χ3n) is 4.88. The number of sulfonamides is 1. The topological polar surface area (TPSA) is 102 Å². The number of carbonyl (C=O) groups is 1. The third kappa shape index (κ3) is 5.24. The molecule has 0 fully saturated rings. The van der Waals surface area contributed by atoms with Gasteiger partial charge in [-0.1, -0.05) is 48.5 Å². The molecule has 0 spiro atoms. The van der Waals surface area contributed by atoms with Crippen LogP contribution in [-0.4, -0.2) is 32.7 Å². The second-order valence-corrected chi connectivity index (χ2v) is 8.76. The fraction of sp³-hybridized carbons (Fsp3) is 0.0800. The summed E-state index contributed by atoms with van der Waals surface area (Å²) in [7, 11) is -3.86. The number of para-hydroxylation sites is 2. The number of rotatable bonds is 9. The quantitative estimate of drug-likeness (QED) is 0.346. The molecule has 0 radical (unpaired) electrons. The summed E-state index contributed by atoms with van der Waals surface area (Å²) < 4.78 is 40.2. The molecule has 4 aromatic carbocycles. The van der Waals surface area contributed by atoms with Gasteiger partial charge in [-0.3, -0.25) is 4.72 Å². The summed E-state index contributed by atoms with van der Waals surface area (Å²) in [5, 5.41) is 10.4. The Morgan fingerprint density at radius 1 is 0.788 bits per heavy atom. The van der Waals surface area contributed by atoms with Crippen molar-refractivity contribution in [1.82, 2.24) is 0 Å². The largest absolute Gasteiger partial charge is 0.490 e. The maximum atomic E-state index is 13.1. The van der Waals surface area contributed by atoms with Gasteiger partial charge >= 0.3 is 5.97 Å². The molecular weight excluding hydrogens is 442 g/mol. The van der Waals surface area contributed by atoms with Crippen LogP contribution in [0, 0.1) is 0 Å². The van der Waals surface area contributed by atoms with Gasteiger partial charge in [-0.25, -0.2) is 13.2 Å². The average Bonchev–Trinajstić information content (AvgIpc) is 2.82. The van der Waals surface area contributed by atoms with Crippen LogP contribution in [-0.2, 0) is 10.0 Å². The molecule has 0 saturated heterocycles. The van der Waals surface area contributed by atoms with Crippen LogP contribution in [0.15, 0.2) is 95.9 Å². The molecule has 33 heavy (non-hydrogen) atoms. The van der Waals surface area contributed by atoms with E-state index in [0.717, 1.165) is 5.39 Å². The van der Waals surface area contributed by atoms with E-state index in [0.29, 0.717) is 22.6 Å². The fourth-order valence-electron chi connectivity index (χ4n) is 3.31. The van der Waals surface area contributed by atoms with E-state index < -0.39 is 16.0 Å². The van der Waals surface area contributed by atoms with E-state index in [-0.39, 0.29) is 23.7 Å². The summed E-state index contributed by atoms with van der Waals surface area (Å²) in [6.07, 6.45) is 0. The summed E-state index contributed by atoms with van der Waals surface area (Å²) in [6, 6.07) is 25.2. The van der Waals surface area contributed by atoms with Crippen molar-refractivity contribution >= 4 is 32.5 Å². The second kappa shape index (κ2) is 9.62. The van der Waals surface area contributed by atoms with Gasteiger partial charge in [0.05, 0.1) is 16.1 Å². The molecular formula is C25H21NO6S. The smallest absolute Gasteiger partial charge is 0.335 e. The molecule has 0 aliphatic carbocycles. The molecule has 7 nitrogen and oxygen atoms in total. The molecule has 4 aromatic rings. The number of carboxylic acids is 1. The van der Waals surface area contributed by atoms with Gasteiger partial charge in [0.15, 0.2) is 0 Å². The maximum absolute atomic E-state index is 13.1. The summed E-state index contributed by atoms with van der Waals surface area (Å²) >= 11 is 0. The molecule has 0 heterocycles. The van der Waals surface area contributed by atoms with Crippen LogP contribution in [0.3, 0.4) is 0 Å². The molecule has 0 atom stereocenters. The van der Waals surface area contributed by atoms with E-state index in [4.69, 9.17) is 14.6 Å². The van der Waals surface area contributed by atoms with Crippen molar-refractivity contribution in [2.75, 3.05) is 17.9 Å². The van der Waals surface area contributed by atoms with Crippen molar-refractivity contribution < 1.29 is 27.8 Å². The predicted molar refractivity (Wildman–Crippen MR) is 126 cm³/mol. The van der Waals surface area contributed by atoms with E-state index in [1.807, 2.05) is 18.2 Å². The van der Waals surface area contributed by atoms with Crippen molar-refractivity contribution in [3.63, 3.8) is 0 Å². The lowest BCUT2D eigenvalue weighted by Crippen LogP contribution is -2.15. The Balaban J connectivity index is 1.43. The SMILES string of the molecule is O=C(O)c1ccc(OCCOc2ccccc2NS(=O)(=O)c2cccc3ccccc23)cc1. The molecule has 0 amide bonds. The first-order valence-electron chi connectivity index (χ1n) is 10.1. The molecule has 168 valence electrons. The maximum Gasteiger partial charge on any atom is 0.335 e. The van der Waals surface area contributed by atoms with Crippen molar-refractivity contribution in [3.8, 4) is 11.5 Å². The summed E-state index contributed by atoms with van der Waals surface area (Å²) in [5.74, 6) is -0.132. The Morgan fingerprint density at radius 3 is 2.24 bits per heavy atom. The Labute approximate surface area is 191 Å². The molecule has 0 unspecified atom stereocenters. The Hall–Kier alpha value is -4.04. The normalized spacial score (nSPS) is 11.2. The minimum absolute atomic E-state index is 0.160. The van der Waals surface area contributed by atoms with Gasteiger partial charge in [0, 0.05) is 5.39 Å². The van der Waals surface area contributed by atoms with Gasteiger partial charge < -0.3 is 14.6 Å². The second-order valence-electron chi connectivity index (χ2n) is 7.11. The van der Waals surface area contributed by atoms with Crippen LogP contribution in [0.2, 0.25) is 0 Å². The molecule has 0 saturated carbocycles. The lowest BCUT2D eigenvalue weighted by molar-refractivity contribution is 0.0697. The van der Waals surface area contributed by atoms with Crippen LogP contribution in [0.5, 0.6) is 11.5 Å². The number of aromatic carboxylic acids is 1. The first kappa shape index (κ1) is 22.2. The molecule has 0 bridgehead atoms. The highest BCUT2D eigenvalue weighted by Gasteiger charge is 2.19. The number of benzene rings is 4. The predicted octanol–water partition coefficient (Wildman–Crippen LogP) is 4.80. The van der Waals surface area contributed by atoms with E-state index in [2.05, 4.69) is 4.72 Å². The molecule has 0 aliphatic rings. The summed E-state index contributed by atoms with van der Waals surface area (Å²) in [5.41, 5.74) is 0.488. The standard InChI is InChI=1S/C25H21NO6S/c27-25(28)19-12-14-20(15-13-19)31-16-17-32-23-10-4-3-9-22(23)26-33(29,30)24-11-5-7-18-6-1-2-8-21(18)24/h1-15,26H,16-17H2,(H,27,28). The third-order valence-corrected chi connectivity index (χ3v) is 6.31. The lowest BCUT2D eigenvalue weighted by Gasteiger charge is -2.15. The minimum Gasteiger partial charge on any atom is -0.490 e. The Morgan fingerprint density at radius 2 is 1.45 bits per heavy atom. The number of anilines is 1. The van der Waals surface area contributed by atoms with Gasteiger partial charge in [-0.05, 0) is 47.9 Å². The number of hydrogen-bond acceptors (Lipinski definition) is 5. The number of carboxylic acid groups (broad SMARTS) is 1. The lowest BCUT2D eigenvalue weighted by atomic mass is 10.1. The zero-order chi connectivity index (χ0) is 23.3. The average molecular weight is 464 g/mol. The molecule has 8 heteroatoms. The highest BCUT2D eigenvalue weighted by atomic mass is 32.2. The highest BCUT2D eigenvalue weighted by molar-refractivity contribution is 7.93. The first-order chi connectivity index (χ1) is 15.9. The number of hydrogen-bond donors (Lipinski definition) is 2. The van der Waals surface area contributed by atoms with Crippen molar-refractivity contribution in [2.24, 2.45) is 0 Å². The minimum atomic E-state index is -3.86. The number of ether oxygens (including phenoxy) is 2. The molecule has 4 rings (SSSR count). The van der Waals surface area contributed by atoms with Crippen LogP contribution in [0.25, 0.3) is 10.8 Å². The first-order valence-corrected chi connectivity index (χ1v) is 11.6. The molecule has 0 aromatic heterocycles. The van der Waals surface area contributed by atoms with Gasteiger partial charge in [0.25, 0.3) is 10.0 Å². The van der Waals surface area contributed by atoms with Crippen molar-refractivity contribution in [3.05, 3.63) is 96.6 Å². The summed E-state index contributed by atoms with van der Waals surface area (Å²) in [6.45, 7) is 0.352. The van der Waals surface area contributed by atoms with Gasteiger partial charge in [-0.15, -0.1) is 0 Å². The van der Waals surface area contributed by atoms with Crippen LogP contribution in [0.1, 0.15) is 10.4 Å². The monoisotopic (exact) mass is 463 g/mol. The number of fused-ring (bicyclic) bond motifs is 1. The van der Waals surface area contributed by atoms with Crippen molar-refractivity contribution in [2.45, 2.75) is 4.90 Å². The zero-order valence-corrected chi connectivity index (χ0v) is 18.3. The van der Waals surface area contributed by atoms with Crippen LogP contribution in [0.4, 0.5) is 5.69 Å². The number of nitrogens with one attached hydrogen (secondary N) is 1. The van der Waals surface area contributed by atoms with Gasteiger partial charge in [0.1, 0.15) is 24.7 Å². The van der Waals surface area contributed by atoms with Crippen molar-refractivity contribution in [1.29, 1.82) is 0 Å². The Bertz CT molecular complexity index is 1380. The van der Waals surface area contributed by atoms with Gasteiger partial charge in [0.2, 0.25) is 0 Å². The zero-order valence-electron chi connectivity index (χ0n) is 17.5. The van der Waals surface area contributed by atoms with E-state index in [1.165, 1.54) is 12.1 Å². The van der Waals surface area contributed by atoms with Crippen LogP contribution < -0.4 is 14.2 Å². The van der Waals surface area contributed by atoms with E-state index >= 15 is 0 Å². The molecule has 0 aliphatic heterocycles. The highest BCUT2D eigenvalue weighted by Crippen LogP contribution is 2.29. The molecule has 2 N–H and O–H groups in total. The van der Waals surface area contributed by atoms with Gasteiger partial charge in [-0.2, -0.15) is 0 Å². The fourth-order valence-corrected chi connectivity index (χ4v) is 4.61.